The van der Waals surface area contributed by atoms with Crippen LogP contribution in [0.15, 0.2) is 18.2 Å². The normalized spacial score (nSPS) is 11.8. The van der Waals surface area contributed by atoms with E-state index in [0.717, 1.165) is 18.2 Å². The lowest BCUT2D eigenvalue weighted by molar-refractivity contribution is -0.120. The molecule has 1 rings (SSSR count). The number of carbonyl (C=O) groups excluding carboxylic acids is 2. The van der Waals surface area contributed by atoms with Crippen molar-refractivity contribution in [3.05, 3.63) is 35.4 Å². The van der Waals surface area contributed by atoms with Crippen LogP contribution in [0.3, 0.4) is 0 Å². The molecule has 1 aromatic rings. The van der Waals surface area contributed by atoms with Gasteiger partial charge in [0.2, 0.25) is 5.91 Å². The van der Waals surface area contributed by atoms with Crippen molar-refractivity contribution in [2.75, 3.05) is 19.7 Å². The molecule has 20 heavy (non-hydrogen) atoms. The van der Waals surface area contributed by atoms with E-state index in [-0.39, 0.29) is 31.2 Å². The number of halogens is 2. The molecule has 0 heterocycles. The SMILES string of the molecule is C[C@H](CO)CNC(=O)CNC(=O)c1ccc(F)c(F)c1. The lowest BCUT2D eigenvalue weighted by atomic mass is 10.2. The average Bonchev–Trinajstić information content (AvgIpc) is 2.44. The Morgan fingerprint density at radius 2 is 1.95 bits per heavy atom. The molecule has 0 fully saturated rings. The van der Waals surface area contributed by atoms with Gasteiger partial charge >= 0.3 is 0 Å². The van der Waals surface area contributed by atoms with E-state index in [2.05, 4.69) is 10.6 Å². The molecular weight excluding hydrogens is 270 g/mol. The number of amides is 2. The summed E-state index contributed by atoms with van der Waals surface area (Å²) in [7, 11) is 0. The maximum absolute atomic E-state index is 12.9. The highest BCUT2D eigenvalue weighted by atomic mass is 19.2. The summed E-state index contributed by atoms with van der Waals surface area (Å²) < 4.78 is 25.6. The third-order valence-electron chi connectivity index (χ3n) is 2.55. The Labute approximate surface area is 115 Å². The number of carbonyl (C=O) groups is 2. The Bertz CT molecular complexity index is 495. The van der Waals surface area contributed by atoms with Gasteiger partial charge < -0.3 is 15.7 Å². The van der Waals surface area contributed by atoms with Crippen molar-refractivity contribution >= 4 is 11.8 Å². The fourth-order valence-electron chi connectivity index (χ4n) is 1.32. The Kier molecular flexibility index (Phi) is 6.05. The smallest absolute Gasteiger partial charge is 0.251 e. The molecule has 0 unspecified atom stereocenters. The van der Waals surface area contributed by atoms with Gasteiger partial charge in [0, 0.05) is 18.7 Å². The lowest BCUT2D eigenvalue weighted by Crippen LogP contribution is -2.39. The van der Waals surface area contributed by atoms with Crippen LogP contribution in [0.25, 0.3) is 0 Å². The number of hydrogen-bond donors (Lipinski definition) is 3. The van der Waals surface area contributed by atoms with Crippen molar-refractivity contribution in [2.24, 2.45) is 5.92 Å². The molecule has 1 aromatic carbocycles. The average molecular weight is 286 g/mol. The molecule has 0 bridgehead atoms. The van der Waals surface area contributed by atoms with Crippen molar-refractivity contribution < 1.29 is 23.5 Å². The van der Waals surface area contributed by atoms with E-state index < -0.39 is 23.4 Å². The van der Waals surface area contributed by atoms with Crippen LogP contribution in [-0.4, -0.2) is 36.6 Å². The van der Waals surface area contributed by atoms with E-state index in [9.17, 15) is 18.4 Å². The molecule has 1 atom stereocenters. The number of benzene rings is 1. The Hall–Kier alpha value is -2.02. The summed E-state index contributed by atoms with van der Waals surface area (Å²) in [4.78, 5) is 23.0. The van der Waals surface area contributed by atoms with E-state index in [0.29, 0.717) is 0 Å². The minimum absolute atomic E-state index is 0.0541. The third kappa shape index (κ3) is 4.93. The van der Waals surface area contributed by atoms with Gasteiger partial charge in [-0.25, -0.2) is 8.78 Å². The van der Waals surface area contributed by atoms with Gasteiger partial charge in [0.15, 0.2) is 11.6 Å². The predicted molar refractivity (Wildman–Crippen MR) is 68.0 cm³/mol. The summed E-state index contributed by atoms with van der Waals surface area (Å²) in [6.45, 7) is 1.70. The maximum Gasteiger partial charge on any atom is 0.251 e. The first-order valence-electron chi connectivity index (χ1n) is 6.04. The highest BCUT2D eigenvalue weighted by Crippen LogP contribution is 2.08. The minimum Gasteiger partial charge on any atom is -0.396 e. The van der Waals surface area contributed by atoms with Gasteiger partial charge in [0.05, 0.1) is 6.54 Å². The van der Waals surface area contributed by atoms with Gasteiger partial charge in [-0.2, -0.15) is 0 Å². The summed E-state index contributed by atoms with van der Waals surface area (Å²) in [6.07, 6.45) is 0. The van der Waals surface area contributed by atoms with E-state index in [1.807, 2.05) is 0 Å². The number of rotatable bonds is 6. The summed E-state index contributed by atoms with van der Waals surface area (Å²) >= 11 is 0. The van der Waals surface area contributed by atoms with Gasteiger partial charge in [-0.15, -0.1) is 0 Å². The van der Waals surface area contributed by atoms with Gasteiger partial charge in [-0.3, -0.25) is 9.59 Å². The van der Waals surface area contributed by atoms with Crippen LogP contribution in [0.2, 0.25) is 0 Å². The molecule has 0 aliphatic heterocycles. The third-order valence-corrected chi connectivity index (χ3v) is 2.55. The van der Waals surface area contributed by atoms with Crippen LogP contribution in [0.5, 0.6) is 0 Å². The number of aliphatic hydroxyl groups excluding tert-OH is 1. The van der Waals surface area contributed by atoms with Crippen molar-refractivity contribution in [3.8, 4) is 0 Å². The second kappa shape index (κ2) is 7.54. The molecule has 5 nitrogen and oxygen atoms in total. The highest BCUT2D eigenvalue weighted by molar-refractivity contribution is 5.96. The summed E-state index contributed by atoms with van der Waals surface area (Å²) in [5, 5.41) is 13.6. The van der Waals surface area contributed by atoms with Gasteiger partial charge in [-0.1, -0.05) is 6.92 Å². The zero-order chi connectivity index (χ0) is 15.1. The summed E-state index contributed by atoms with van der Waals surface area (Å²) in [6, 6.07) is 2.73. The molecule has 110 valence electrons. The number of hydrogen-bond acceptors (Lipinski definition) is 3. The summed E-state index contributed by atoms with van der Waals surface area (Å²) in [5.41, 5.74) is -0.0690. The molecule has 0 aliphatic rings. The monoisotopic (exact) mass is 286 g/mol. The Balaban J connectivity index is 2.43. The van der Waals surface area contributed by atoms with Crippen molar-refractivity contribution in [3.63, 3.8) is 0 Å². The highest BCUT2D eigenvalue weighted by Gasteiger charge is 2.11. The first-order chi connectivity index (χ1) is 9.43. The molecule has 7 heteroatoms. The molecule has 3 N–H and O–H groups in total. The standard InChI is InChI=1S/C13H16F2N2O3/c1-8(7-18)5-16-12(19)6-17-13(20)9-2-3-10(14)11(15)4-9/h2-4,8,18H,5-7H2,1H3,(H,16,19)(H,17,20)/t8-/m0/s1. The largest absolute Gasteiger partial charge is 0.396 e. The van der Waals surface area contributed by atoms with Crippen LogP contribution in [-0.2, 0) is 4.79 Å². The van der Waals surface area contributed by atoms with Crippen molar-refractivity contribution in [1.82, 2.24) is 10.6 Å². The van der Waals surface area contributed by atoms with Crippen LogP contribution in [0.1, 0.15) is 17.3 Å². The molecule has 0 saturated heterocycles. The van der Waals surface area contributed by atoms with E-state index in [1.165, 1.54) is 0 Å². The quantitative estimate of drug-likeness (QED) is 0.710. The number of nitrogens with one attached hydrogen (secondary N) is 2. The van der Waals surface area contributed by atoms with Crippen LogP contribution < -0.4 is 10.6 Å². The van der Waals surface area contributed by atoms with E-state index >= 15 is 0 Å². The second-order valence-electron chi connectivity index (χ2n) is 4.40. The zero-order valence-corrected chi connectivity index (χ0v) is 11.0. The van der Waals surface area contributed by atoms with Crippen molar-refractivity contribution in [2.45, 2.75) is 6.92 Å². The van der Waals surface area contributed by atoms with Gasteiger partial charge in [0.25, 0.3) is 5.91 Å². The van der Waals surface area contributed by atoms with Crippen LogP contribution >= 0.6 is 0 Å². The van der Waals surface area contributed by atoms with Gasteiger partial charge in [0.1, 0.15) is 0 Å². The summed E-state index contributed by atoms with van der Waals surface area (Å²) in [5.74, 6) is -3.35. The first-order valence-corrected chi connectivity index (χ1v) is 6.04. The minimum atomic E-state index is -1.13. The van der Waals surface area contributed by atoms with Crippen LogP contribution in [0, 0.1) is 17.6 Å². The maximum atomic E-state index is 12.9. The Morgan fingerprint density at radius 1 is 1.25 bits per heavy atom. The van der Waals surface area contributed by atoms with Crippen molar-refractivity contribution in [1.29, 1.82) is 0 Å². The zero-order valence-electron chi connectivity index (χ0n) is 11.0. The Morgan fingerprint density at radius 3 is 2.55 bits per heavy atom. The second-order valence-corrected chi connectivity index (χ2v) is 4.40. The molecule has 0 aliphatic carbocycles. The van der Waals surface area contributed by atoms with Crippen LogP contribution in [0.4, 0.5) is 8.78 Å². The molecule has 0 radical (unpaired) electrons. The van der Waals surface area contributed by atoms with E-state index in [1.54, 1.807) is 6.92 Å². The van der Waals surface area contributed by atoms with E-state index in [4.69, 9.17) is 5.11 Å². The lowest BCUT2D eigenvalue weighted by Gasteiger charge is -2.10. The fraction of sp³-hybridized carbons (Fsp3) is 0.385. The molecule has 0 saturated carbocycles. The fourth-order valence-corrected chi connectivity index (χ4v) is 1.32. The van der Waals surface area contributed by atoms with Gasteiger partial charge in [-0.05, 0) is 24.1 Å². The molecule has 0 aromatic heterocycles. The predicted octanol–water partition coefficient (Wildman–Crippen LogP) is 0.439. The molecular formula is C13H16F2N2O3. The molecule has 2 amide bonds. The topological polar surface area (TPSA) is 78.4 Å². The number of aliphatic hydroxyl groups is 1. The molecule has 0 spiro atoms. The first kappa shape index (κ1) is 16.0.